The minimum absolute atomic E-state index is 0.0716. The number of anilines is 1. The molecule has 0 saturated carbocycles. The van der Waals surface area contributed by atoms with Crippen LogP contribution in [0.2, 0.25) is 5.02 Å². The van der Waals surface area contributed by atoms with Crippen molar-refractivity contribution in [1.82, 2.24) is 4.90 Å². The first-order chi connectivity index (χ1) is 13.1. The van der Waals surface area contributed by atoms with E-state index in [4.69, 9.17) is 26.8 Å². The Balaban J connectivity index is 2.07. The Labute approximate surface area is 170 Å². The van der Waals surface area contributed by atoms with E-state index in [2.05, 4.69) is 0 Å². The van der Waals surface area contributed by atoms with Crippen molar-refractivity contribution in [2.45, 2.75) is 39.3 Å². The SMILES string of the molecule is COc1cc(CCN(C(=O)OCc2ccc(F)cc2)C(C)(C)C)c(Cl)cc1N. The van der Waals surface area contributed by atoms with Gasteiger partial charge in [-0.15, -0.1) is 0 Å². The van der Waals surface area contributed by atoms with Gasteiger partial charge < -0.3 is 20.1 Å². The van der Waals surface area contributed by atoms with Gasteiger partial charge in [0, 0.05) is 17.1 Å². The highest BCUT2D eigenvalue weighted by Crippen LogP contribution is 2.30. The molecular formula is C21H26ClFN2O3. The molecule has 0 atom stereocenters. The Kier molecular flexibility index (Phi) is 7.13. The van der Waals surface area contributed by atoms with E-state index < -0.39 is 11.6 Å². The fourth-order valence-electron chi connectivity index (χ4n) is 2.72. The van der Waals surface area contributed by atoms with Crippen molar-refractivity contribution in [3.63, 3.8) is 0 Å². The van der Waals surface area contributed by atoms with Gasteiger partial charge in [0.2, 0.25) is 0 Å². The summed E-state index contributed by atoms with van der Waals surface area (Å²) in [6, 6.07) is 9.27. The second-order valence-corrected chi connectivity index (χ2v) is 7.85. The van der Waals surface area contributed by atoms with E-state index in [9.17, 15) is 9.18 Å². The van der Waals surface area contributed by atoms with Crippen LogP contribution in [0.25, 0.3) is 0 Å². The number of nitrogens with two attached hydrogens (primary N) is 1. The molecule has 0 spiro atoms. The number of hydrogen-bond acceptors (Lipinski definition) is 4. The molecule has 0 aliphatic rings. The zero-order valence-electron chi connectivity index (χ0n) is 16.6. The van der Waals surface area contributed by atoms with Crippen LogP contribution < -0.4 is 10.5 Å². The van der Waals surface area contributed by atoms with Gasteiger partial charge in [0.25, 0.3) is 0 Å². The molecule has 0 aliphatic heterocycles. The minimum Gasteiger partial charge on any atom is -0.495 e. The molecule has 1 amide bonds. The highest BCUT2D eigenvalue weighted by atomic mass is 35.5. The van der Waals surface area contributed by atoms with Crippen LogP contribution in [0.15, 0.2) is 36.4 Å². The molecule has 0 saturated heterocycles. The normalized spacial score (nSPS) is 11.2. The zero-order valence-corrected chi connectivity index (χ0v) is 17.3. The van der Waals surface area contributed by atoms with E-state index in [1.54, 1.807) is 29.2 Å². The highest BCUT2D eigenvalue weighted by molar-refractivity contribution is 6.31. The molecule has 0 fully saturated rings. The van der Waals surface area contributed by atoms with Crippen LogP contribution in [-0.2, 0) is 17.8 Å². The summed E-state index contributed by atoms with van der Waals surface area (Å²) >= 11 is 6.29. The van der Waals surface area contributed by atoms with Crippen molar-refractivity contribution in [3.8, 4) is 5.75 Å². The predicted octanol–water partition coefficient (Wildman–Crippen LogP) is 5.05. The van der Waals surface area contributed by atoms with Gasteiger partial charge in [-0.05, 0) is 62.6 Å². The molecule has 2 rings (SSSR count). The van der Waals surface area contributed by atoms with E-state index >= 15 is 0 Å². The maximum Gasteiger partial charge on any atom is 0.410 e. The van der Waals surface area contributed by atoms with Gasteiger partial charge in [-0.1, -0.05) is 23.7 Å². The molecule has 7 heteroatoms. The molecule has 28 heavy (non-hydrogen) atoms. The standard InChI is InChI=1S/C21H26ClFN2O3/c1-21(2,3)25(20(26)28-13-14-5-7-16(23)8-6-14)10-9-15-11-19(27-4)18(24)12-17(15)22/h5-8,11-12H,9-10,13,24H2,1-4H3. The van der Waals surface area contributed by atoms with Gasteiger partial charge in [-0.25, -0.2) is 9.18 Å². The molecule has 5 nitrogen and oxygen atoms in total. The zero-order chi connectivity index (χ0) is 20.9. The van der Waals surface area contributed by atoms with Gasteiger partial charge >= 0.3 is 6.09 Å². The van der Waals surface area contributed by atoms with Gasteiger partial charge in [0.15, 0.2) is 0 Å². The Morgan fingerprint density at radius 2 is 1.86 bits per heavy atom. The number of methoxy groups -OCH3 is 1. The van der Waals surface area contributed by atoms with Gasteiger partial charge in [-0.2, -0.15) is 0 Å². The largest absolute Gasteiger partial charge is 0.495 e. The summed E-state index contributed by atoms with van der Waals surface area (Å²) in [5.41, 5.74) is 7.41. The third-order valence-electron chi connectivity index (χ3n) is 4.31. The minimum atomic E-state index is -0.454. The number of nitrogen functional groups attached to an aromatic ring is 1. The fraction of sp³-hybridized carbons (Fsp3) is 0.381. The summed E-state index contributed by atoms with van der Waals surface area (Å²) in [4.78, 5) is 14.3. The number of ether oxygens (including phenoxy) is 2. The molecule has 152 valence electrons. The maximum absolute atomic E-state index is 13.0. The van der Waals surface area contributed by atoms with E-state index in [0.29, 0.717) is 29.4 Å². The molecule has 0 aliphatic carbocycles. The average Bonchev–Trinajstić information content (AvgIpc) is 2.62. The molecule has 0 radical (unpaired) electrons. The van der Waals surface area contributed by atoms with Crippen molar-refractivity contribution in [2.24, 2.45) is 0 Å². The summed E-state index contributed by atoms with van der Waals surface area (Å²) in [7, 11) is 1.54. The molecular weight excluding hydrogens is 383 g/mol. The van der Waals surface area contributed by atoms with E-state index in [1.807, 2.05) is 20.8 Å². The number of carbonyl (C=O) groups is 1. The quantitative estimate of drug-likeness (QED) is 0.679. The third-order valence-corrected chi connectivity index (χ3v) is 4.66. The molecule has 0 aromatic heterocycles. The van der Waals surface area contributed by atoms with Crippen LogP contribution >= 0.6 is 11.6 Å². The van der Waals surface area contributed by atoms with Crippen LogP contribution in [0.4, 0.5) is 14.9 Å². The molecule has 0 unspecified atom stereocenters. The van der Waals surface area contributed by atoms with E-state index in [0.717, 1.165) is 11.1 Å². The van der Waals surface area contributed by atoms with Crippen molar-refractivity contribution in [1.29, 1.82) is 0 Å². The highest BCUT2D eigenvalue weighted by Gasteiger charge is 2.28. The molecule has 2 aromatic rings. The molecule has 0 heterocycles. The van der Waals surface area contributed by atoms with Crippen molar-refractivity contribution in [2.75, 3.05) is 19.4 Å². The van der Waals surface area contributed by atoms with Crippen molar-refractivity contribution >= 4 is 23.4 Å². The first-order valence-electron chi connectivity index (χ1n) is 8.92. The number of hydrogen-bond donors (Lipinski definition) is 1. The number of nitrogens with zero attached hydrogens (tertiary/aromatic N) is 1. The maximum atomic E-state index is 13.0. The Bertz CT molecular complexity index is 820. The summed E-state index contributed by atoms with van der Waals surface area (Å²) in [6.07, 6.45) is 0.0636. The lowest BCUT2D eigenvalue weighted by atomic mass is 10.0. The molecule has 2 N–H and O–H groups in total. The smallest absolute Gasteiger partial charge is 0.410 e. The average molecular weight is 409 g/mol. The lowest BCUT2D eigenvalue weighted by Crippen LogP contribution is -2.46. The topological polar surface area (TPSA) is 64.8 Å². The summed E-state index contributed by atoms with van der Waals surface area (Å²) in [6.45, 7) is 6.26. The predicted molar refractivity (Wildman–Crippen MR) is 109 cm³/mol. The number of amides is 1. The Morgan fingerprint density at radius 1 is 1.21 bits per heavy atom. The second kappa shape index (κ2) is 9.15. The number of halogens is 2. The van der Waals surface area contributed by atoms with Gasteiger partial charge in [0.05, 0.1) is 12.8 Å². The second-order valence-electron chi connectivity index (χ2n) is 7.44. The molecule has 0 bridgehead atoms. The number of rotatable bonds is 6. The van der Waals surface area contributed by atoms with Gasteiger partial charge in [-0.3, -0.25) is 0 Å². The Morgan fingerprint density at radius 3 is 2.43 bits per heavy atom. The van der Waals surface area contributed by atoms with E-state index in [-0.39, 0.29) is 12.4 Å². The fourth-order valence-corrected chi connectivity index (χ4v) is 2.98. The Hall–Kier alpha value is -2.47. The summed E-state index contributed by atoms with van der Waals surface area (Å²) in [5, 5.41) is 0.520. The van der Waals surface area contributed by atoms with Crippen LogP contribution in [0.5, 0.6) is 5.75 Å². The van der Waals surface area contributed by atoms with Crippen LogP contribution in [0, 0.1) is 5.82 Å². The van der Waals surface area contributed by atoms with Crippen molar-refractivity contribution < 1.29 is 18.7 Å². The summed E-state index contributed by atoms with van der Waals surface area (Å²) < 4.78 is 23.7. The van der Waals surface area contributed by atoms with Crippen LogP contribution in [0.3, 0.4) is 0 Å². The van der Waals surface area contributed by atoms with Crippen LogP contribution in [-0.4, -0.2) is 30.2 Å². The third kappa shape index (κ3) is 5.76. The monoisotopic (exact) mass is 408 g/mol. The van der Waals surface area contributed by atoms with Crippen LogP contribution in [0.1, 0.15) is 31.9 Å². The van der Waals surface area contributed by atoms with E-state index in [1.165, 1.54) is 19.2 Å². The van der Waals surface area contributed by atoms with Gasteiger partial charge in [0.1, 0.15) is 18.2 Å². The van der Waals surface area contributed by atoms with Crippen molar-refractivity contribution in [3.05, 3.63) is 58.4 Å². The number of carbonyl (C=O) groups excluding carboxylic acids is 1. The number of benzene rings is 2. The summed E-state index contributed by atoms with van der Waals surface area (Å²) in [5.74, 6) is 0.211. The first kappa shape index (κ1) is 21.8. The molecule has 2 aromatic carbocycles. The lowest BCUT2D eigenvalue weighted by Gasteiger charge is -2.35. The first-order valence-corrected chi connectivity index (χ1v) is 9.30. The lowest BCUT2D eigenvalue weighted by molar-refractivity contribution is 0.0633.